The number of likely N-dealkylation sites (N-methyl/N-ethyl adjacent to an activating group) is 1. The van der Waals surface area contributed by atoms with Crippen LogP contribution in [0.4, 0.5) is 4.79 Å². The molecule has 0 spiro atoms. The van der Waals surface area contributed by atoms with Crippen LogP contribution in [-0.4, -0.2) is 42.8 Å². The van der Waals surface area contributed by atoms with Crippen molar-refractivity contribution in [2.75, 3.05) is 13.7 Å². The number of carboxylic acid groups (broad SMARTS) is 1. The number of nitrogens with one attached hydrogen (secondary N) is 2. The van der Waals surface area contributed by atoms with Crippen LogP contribution >= 0.6 is 0 Å². The highest BCUT2D eigenvalue weighted by molar-refractivity contribution is 5.86. The fourth-order valence-electron chi connectivity index (χ4n) is 3.49. The van der Waals surface area contributed by atoms with Crippen molar-refractivity contribution in [2.45, 2.75) is 24.8 Å². The first-order valence-corrected chi connectivity index (χ1v) is 9.06. The van der Waals surface area contributed by atoms with Crippen molar-refractivity contribution in [3.63, 3.8) is 0 Å². The summed E-state index contributed by atoms with van der Waals surface area (Å²) in [4.78, 5) is 34.9. The Kier molecular flexibility index (Phi) is 5.93. The van der Waals surface area contributed by atoms with Gasteiger partial charge in [0.1, 0.15) is 12.6 Å². The molecule has 0 aliphatic heterocycles. The quantitative estimate of drug-likeness (QED) is 0.682. The van der Waals surface area contributed by atoms with Crippen LogP contribution in [0.1, 0.15) is 29.9 Å². The lowest BCUT2D eigenvalue weighted by Crippen LogP contribution is -2.46. The van der Waals surface area contributed by atoms with E-state index >= 15 is 0 Å². The average Bonchev–Trinajstić information content (AvgIpc) is 3.02. The van der Waals surface area contributed by atoms with E-state index in [-0.39, 0.29) is 25.4 Å². The normalized spacial score (nSPS) is 13.2. The second-order valence-corrected chi connectivity index (χ2v) is 6.57. The molecule has 28 heavy (non-hydrogen) atoms. The van der Waals surface area contributed by atoms with Crippen LogP contribution in [0.3, 0.4) is 0 Å². The summed E-state index contributed by atoms with van der Waals surface area (Å²) in [6, 6.07) is 15.0. The van der Waals surface area contributed by atoms with Gasteiger partial charge in [0.15, 0.2) is 0 Å². The molecule has 146 valence electrons. The number of carbonyl (C=O) groups is 3. The van der Waals surface area contributed by atoms with Crippen LogP contribution in [0.5, 0.6) is 0 Å². The summed E-state index contributed by atoms with van der Waals surface area (Å²) < 4.78 is 5.39. The summed E-state index contributed by atoms with van der Waals surface area (Å²) in [5, 5.41) is 13.7. The second kappa shape index (κ2) is 8.56. The molecule has 7 heteroatoms. The number of ether oxygens (including phenoxy) is 1. The SMILES string of the molecule is CNC(=O)[C@H](CCC(=O)O)NC(=O)OCC1c2ccccc2-c2ccccc21. The van der Waals surface area contributed by atoms with Crippen LogP contribution in [0.15, 0.2) is 48.5 Å². The number of hydrogen-bond acceptors (Lipinski definition) is 4. The second-order valence-electron chi connectivity index (χ2n) is 6.57. The number of fused-ring (bicyclic) bond motifs is 3. The van der Waals surface area contributed by atoms with Crippen molar-refractivity contribution in [3.8, 4) is 11.1 Å². The number of amides is 2. The predicted octanol–water partition coefficient (Wildman–Crippen LogP) is 2.50. The highest BCUT2D eigenvalue weighted by Crippen LogP contribution is 2.44. The molecule has 0 aromatic heterocycles. The molecule has 2 aromatic carbocycles. The maximum absolute atomic E-state index is 12.2. The van der Waals surface area contributed by atoms with E-state index in [1.54, 1.807) is 0 Å². The fraction of sp³-hybridized carbons (Fsp3) is 0.286. The Morgan fingerprint density at radius 3 is 2.14 bits per heavy atom. The highest BCUT2D eigenvalue weighted by atomic mass is 16.5. The molecular weight excluding hydrogens is 360 g/mol. The topological polar surface area (TPSA) is 105 Å². The molecule has 0 saturated carbocycles. The molecule has 0 saturated heterocycles. The van der Waals surface area contributed by atoms with E-state index in [9.17, 15) is 14.4 Å². The summed E-state index contributed by atoms with van der Waals surface area (Å²) in [5.41, 5.74) is 4.42. The van der Waals surface area contributed by atoms with E-state index < -0.39 is 24.0 Å². The van der Waals surface area contributed by atoms with Crippen LogP contribution < -0.4 is 10.6 Å². The summed E-state index contributed by atoms with van der Waals surface area (Å²) in [6.45, 7) is 0.124. The molecule has 2 aromatic rings. The van der Waals surface area contributed by atoms with Gasteiger partial charge >= 0.3 is 12.1 Å². The molecule has 1 atom stereocenters. The summed E-state index contributed by atoms with van der Waals surface area (Å²) in [7, 11) is 1.43. The maximum Gasteiger partial charge on any atom is 0.407 e. The van der Waals surface area contributed by atoms with Gasteiger partial charge in [-0.2, -0.15) is 0 Å². The zero-order chi connectivity index (χ0) is 20.1. The Morgan fingerprint density at radius 1 is 1.04 bits per heavy atom. The lowest BCUT2D eigenvalue weighted by atomic mass is 9.98. The summed E-state index contributed by atoms with van der Waals surface area (Å²) >= 11 is 0. The van der Waals surface area contributed by atoms with Crippen molar-refractivity contribution in [1.82, 2.24) is 10.6 Å². The first-order chi connectivity index (χ1) is 13.5. The minimum atomic E-state index is -1.04. The van der Waals surface area contributed by atoms with Gasteiger partial charge in [0.05, 0.1) is 0 Å². The minimum Gasteiger partial charge on any atom is -0.481 e. The molecule has 7 nitrogen and oxygen atoms in total. The molecular formula is C21H22N2O5. The Hall–Kier alpha value is -3.35. The van der Waals surface area contributed by atoms with Crippen molar-refractivity contribution in [3.05, 3.63) is 59.7 Å². The molecule has 0 fully saturated rings. The number of carboxylic acids is 1. The van der Waals surface area contributed by atoms with Crippen LogP contribution in [0.2, 0.25) is 0 Å². The van der Waals surface area contributed by atoms with Crippen molar-refractivity contribution in [1.29, 1.82) is 0 Å². The number of carbonyl (C=O) groups excluding carboxylic acids is 2. The average molecular weight is 382 g/mol. The number of rotatable bonds is 7. The number of aliphatic carboxylic acids is 1. The zero-order valence-corrected chi connectivity index (χ0v) is 15.5. The Labute approximate surface area is 162 Å². The van der Waals surface area contributed by atoms with Gasteiger partial charge < -0.3 is 20.5 Å². The van der Waals surface area contributed by atoms with E-state index in [0.717, 1.165) is 22.3 Å². The predicted molar refractivity (Wildman–Crippen MR) is 103 cm³/mol. The van der Waals surface area contributed by atoms with Gasteiger partial charge in [-0.1, -0.05) is 48.5 Å². The van der Waals surface area contributed by atoms with Gasteiger partial charge in [-0.25, -0.2) is 4.79 Å². The molecule has 1 aliphatic carbocycles. The first kappa shape index (κ1) is 19.4. The lowest BCUT2D eigenvalue weighted by Gasteiger charge is -2.18. The Morgan fingerprint density at radius 2 is 1.61 bits per heavy atom. The smallest absolute Gasteiger partial charge is 0.407 e. The molecule has 3 rings (SSSR count). The number of hydrogen-bond donors (Lipinski definition) is 3. The minimum absolute atomic E-state index is 0.0147. The van der Waals surface area contributed by atoms with Gasteiger partial charge in [0.2, 0.25) is 5.91 Å². The van der Waals surface area contributed by atoms with E-state index in [1.807, 2.05) is 48.5 Å². The Bertz CT molecular complexity index is 850. The summed E-state index contributed by atoms with van der Waals surface area (Å²) in [5.74, 6) is -1.59. The third kappa shape index (κ3) is 4.14. The van der Waals surface area contributed by atoms with E-state index in [0.29, 0.717) is 0 Å². The zero-order valence-electron chi connectivity index (χ0n) is 15.5. The molecule has 0 radical (unpaired) electrons. The van der Waals surface area contributed by atoms with Crippen LogP contribution in [-0.2, 0) is 14.3 Å². The molecule has 2 amide bonds. The largest absolute Gasteiger partial charge is 0.481 e. The number of alkyl carbamates (subject to hydrolysis) is 1. The molecule has 0 unspecified atom stereocenters. The van der Waals surface area contributed by atoms with Gasteiger partial charge in [0.25, 0.3) is 0 Å². The third-order valence-electron chi connectivity index (χ3n) is 4.85. The Balaban J connectivity index is 1.67. The molecule has 0 bridgehead atoms. The molecule has 1 aliphatic rings. The van der Waals surface area contributed by atoms with Crippen molar-refractivity contribution < 1.29 is 24.2 Å². The lowest BCUT2D eigenvalue weighted by molar-refractivity contribution is -0.137. The third-order valence-corrected chi connectivity index (χ3v) is 4.85. The highest BCUT2D eigenvalue weighted by Gasteiger charge is 2.29. The maximum atomic E-state index is 12.2. The van der Waals surface area contributed by atoms with Gasteiger partial charge in [0, 0.05) is 19.4 Å². The van der Waals surface area contributed by atoms with Gasteiger partial charge in [-0.15, -0.1) is 0 Å². The van der Waals surface area contributed by atoms with Crippen LogP contribution in [0, 0.1) is 0 Å². The molecule has 3 N–H and O–H groups in total. The van der Waals surface area contributed by atoms with E-state index in [1.165, 1.54) is 7.05 Å². The monoisotopic (exact) mass is 382 g/mol. The van der Waals surface area contributed by atoms with E-state index in [4.69, 9.17) is 9.84 Å². The standard InChI is InChI=1S/C21H22N2O5/c1-22-20(26)18(10-11-19(24)25)23-21(27)28-12-17-15-8-4-2-6-13(15)14-7-3-5-9-16(14)17/h2-9,17-18H,10-12H2,1H3,(H,22,26)(H,23,27)(H,24,25)/t18-/m0/s1. The van der Waals surface area contributed by atoms with Crippen LogP contribution in [0.25, 0.3) is 11.1 Å². The fourth-order valence-corrected chi connectivity index (χ4v) is 3.49. The first-order valence-electron chi connectivity index (χ1n) is 9.06. The van der Waals surface area contributed by atoms with Gasteiger partial charge in [-0.3, -0.25) is 9.59 Å². The number of benzene rings is 2. The van der Waals surface area contributed by atoms with Crippen molar-refractivity contribution >= 4 is 18.0 Å². The molecule has 0 heterocycles. The van der Waals surface area contributed by atoms with E-state index in [2.05, 4.69) is 10.6 Å². The van der Waals surface area contributed by atoms with Crippen molar-refractivity contribution in [2.24, 2.45) is 0 Å². The summed E-state index contributed by atoms with van der Waals surface area (Å²) in [6.07, 6.45) is -0.998. The van der Waals surface area contributed by atoms with Gasteiger partial charge in [-0.05, 0) is 28.7 Å².